The van der Waals surface area contributed by atoms with E-state index in [0.29, 0.717) is 13.0 Å². The van der Waals surface area contributed by atoms with Gasteiger partial charge in [0.1, 0.15) is 0 Å². The third-order valence-corrected chi connectivity index (χ3v) is 1.95. The zero-order chi connectivity index (χ0) is 8.97. The fraction of sp³-hybridized carbons (Fsp3) is 0.700. The highest BCUT2D eigenvalue weighted by Crippen LogP contribution is 2.27. The third-order valence-electron chi connectivity index (χ3n) is 1.95. The molecule has 1 saturated carbocycles. The summed E-state index contributed by atoms with van der Waals surface area (Å²) in [6.45, 7) is 7.12. The second kappa shape index (κ2) is 4.41. The maximum absolute atomic E-state index is 11.1. The van der Waals surface area contributed by atoms with Crippen LogP contribution in [0.2, 0.25) is 0 Å². The van der Waals surface area contributed by atoms with E-state index in [4.69, 9.17) is 0 Å². The Labute approximate surface area is 74.0 Å². The topological polar surface area (TPSA) is 29.1 Å². The van der Waals surface area contributed by atoms with Crippen molar-refractivity contribution in [2.45, 2.75) is 26.2 Å². The molecule has 68 valence electrons. The van der Waals surface area contributed by atoms with Gasteiger partial charge < -0.3 is 5.32 Å². The Bertz CT molecular complexity index is 182. The zero-order valence-electron chi connectivity index (χ0n) is 7.73. The van der Waals surface area contributed by atoms with Crippen LogP contribution in [0, 0.1) is 5.92 Å². The maximum Gasteiger partial charge on any atom is 0.150 e. The molecule has 1 fully saturated rings. The Morgan fingerprint density at radius 2 is 2.25 bits per heavy atom. The van der Waals surface area contributed by atoms with E-state index in [1.165, 1.54) is 12.8 Å². The van der Waals surface area contributed by atoms with Crippen molar-refractivity contribution in [3.63, 3.8) is 0 Å². The summed E-state index contributed by atoms with van der Waals surface area (Å²) in [6.07, 6.45) is 3.20. The summed E-state index contributed by atoms with van der Waals surface area (Å²) >= 11 is 0. The Balaban J connectivity index is 1.97. The molecule has 1 N–H and O–H groups in total. The molecule has 0 atom stereocenters. The van der Waals surface area contributed by atoms with Gasteiger partial charge in [0.25, 0.3) is 0 Å². The smallest absolute Gasteiger partial charge is 0.150 e. The number of carbonyl (C=O) groups excluding carboxylic acids is 1. The predicted octanol–water partition coefficient (Wildman–Crippen LogP) is 1.52. The second-order valence-electron chi connectivity index (χ2n) is 3.75. The largest absolute Gasteiger partial charge is 0.310 e. The molecule has 0 aromatic rings. The summed E-state index contributed by atoms with van der Waals surface area (Å²) in [4.78, 5) is 11.1. The number of carbonyl (C=O) groups is 1. The summed E-state index contributed by atoms with van der Waals surface area (Å²) in [5.41, 5.74) is 0.952. The quantitative estimate of drug-likeness (QED) is 0.608. The lowest BCUT2D eigenvalue weighted by Crippen LogP contribution is -2.24. The number of hydrogen-bond acceptors (Lipinski definition) is 2. The highest BCUT2D eigenvalue weighted by molar-refractivity contribution is 5.82. The van der Waals surface area contributed by atoms with Gasteiger partial charge in [-0.3, -0.25) is 4.79 Å². The molecule has 0 spiro atoms. The van der Waals surface area contributed by atoms with Crippen LogP contribution in [0.4, 0.5) is 0 Å². The lowest BCUT2D eigenvalue weighted by Gasteiger charge is -2.01. The Morgan fingerprint density at radius 1 is 1.58 bits per heavy atom. The number of Topliss-reactive ketones (excluding diaryl/α,β-unsaturated/α-hetero) is 1. The summed E-state index contributed by atoms with van der Waals surface area (Å²) in [6, 6.07) is 0. The highest BCUT2D eigenvalue weighted by Gasteiger charge is 2.20. The van der Waals surface area contributed by atoms with Crippen LogP contribution in [0.1, 0.15) is 26.2 Å². The zero-order valence-corrected chi connectivity index (χ0v) is 7.73. The van der Waals surface area contributed by atoms with Gasteiger partial charge in [-0.15, -0.1) is 0 Å². The van der Waals surface area contributed by atoms with Gasteiger partial charge in [0.05, 0.1) is 6.54 Å². The first-order valence-electron chi connectivity index (χ1n) is 4.55. The molecule has 2 nitrogen and oxygen atoms in total. The van der Waals surface area contributed by atoms with Crippen molar-refractivity contribution < 1.29 is 4.79 Å². The molecular formula is C10H17NO. The van der Waals surface area contributed by atoms with Gasteiger partial charge in [-0.1, -0.05) is 12.2 Å². The Morgan fingerprint density at radius 3 is 2.75 bits per heavy atom. The molecule has 0 bridgehead atoms. The fourth-order valence-corrected chi connectivity index (χ4v) is 1.14. The van der Waals surface area contributed by atoms with Crippen molar-refractivity contribution in [1.29, 1.82) is 0 Å². The number of ketones is 1. The average Bonchev–Trinajstić information content (AvgIpc) is 2.69. The first-order valence-corrected chi connectivity index (χ1v) is 4.55. The Hall–Kier alpha value is -0.630. The van der Waals surface area contributed by atoms with Crippen molar-refractivity contribution >= 4 is 5.78 Å². The van der Waals surface area contributed by atoms with Crippen LogP contribution in [0.5, 0.6) is 0 Å². The second-order valence-corrected chi connectivity index (χ2v) is 3.75. The van der Waals surface area contributed by atoms with Gasteiger partial charge in [-0.2, -0.15) is 0 Å². The summed E-state index contributed by atoms with van der Waals surface area (Å²) in [7, 11) is 0. The van der Waals surface area contributed by atoms with E-state index in [1.54, 1.807) is 0 Å². The molecular weight excluding hydrogens is 150 g/mol. The minimum Gasteiger partial charge on any atom is -0.310 e. The van der Waals surface area contributed by atoms with E-state index >= 15 is 0 Å². The van der Waals surface area contributed by atoms with Crippen LogP contribution in [0.25, 0.3) is 0 Å². The SMILES string of the molecule is C=C(C)CC(=O)CNCC1CC1. The van der Waals surface area contributed by atoms with E-state index in [2.05, 4.69) is 11.9 Å². The van der Waals surface area contributed by atoms with Gasteiger partial charge >= 0.3 is 0 Å². The number of allylic oxidation sites excluding steroid dienone is 1. The fourth-order valence-electron chi connectivity index (χ4n) is 1.14. The molecule has 0 heterocycles. The number of hydrogen-bond donors (Lipinski definition) is 1. The Kier molecular flexibility index (Phi) is 3.48. The minimum atomic E-state index is 0.253. The van der Waals surface area contributed by atoms with E-state index in [0.717, 1.165) is 18.0 Å². The molecule has 0 unspecified atom stereocenters. The van der Waals surface area contributed by atoms with E-state index in [1.807, 2.05) is 6.92 Å². The van der Waals surface area contributed by atoms with Crippen LogP contribution in [-0.4, -0.2) is 18.9 Å². The number of rotatable bonds is 6. The van der Waals surface area contributed by atoms with Crippen LogP contribution in [0.15, 0.2) is 12.2 Å². The lowest BCUT2D eigenvalue weighted by atomic mass is 10.2. The van der Waals surface area contributed by atoms with Gasteiger partial charge in [-0.25, -0.2) is 0 Å². The van der Waals surface area contributed by atoms with Crippen LogP contribution < -0.4 is 5.32 Å². The summed E-state index contributed by atoms with van der Waals surface area (Å²) in [5, 5.41) is 3.16. The van der Waals surface area contributed by atoms with Crippen LogP contribution >= 0.6 is 0 Å². The highest BCUT2D eigenvalue weighted by atomic mass is 16.1. The predicted molar refractivity (Wildman–Crippen MR) is 50.0 cm³/mol. The van der Waals surface area contributed by atoms with E-state index in [9.17, 15) is 4.79 Å². The normalized spacial score (nSPS) is 16.1. The minimum absolute atomic E-state index is 0.253. The van der Waals surface area contributed by atoms with Crippen LogP contribution in [0.3, 0.4) is 0 Å². The molecule has 1 aliphatic carbocycles. The molecule has 1 rings (SSSR count). The molecule has 0 saturated heterocycles. The molecule has 0 amide bonds. The molecule has 1 aliphatic rings. The molecule has 2 heteroatoms. The maximum atomic E-state index is 11.1. The van der Waals surface area contributed by atoms with Crippen molar-refractivity contribution in [3.8, 4) is 0 Å². The van der Waals surface area contributed by atoms with Gasteiger partial charge in [-0.05, 0) is 32.2 Å². The lowest BCUT2D eigenvalue weighted by molar-refractivity contribution is -0.117. The van der Waals surface area contributed by atoms with E-state index < -0.39 is 0 Å². The summed E-state index contributed by atoms with van der Waals surface area (Å²) in [5.74, 6) is 1.10. The van der Waals surface area contributed by atoms with Gasteiger partial charge in [0.15, 0.2) is 5.78 Å². The average molecular weight is 167 g/mol. The molecule has 0 radical (unpaired) electrons. The van der Waals surface area contributed by atoms with Gasteiger partial charge in [0, 0.05) is 6.42 Å². The molecule has 0 aliphatic heterocycles. The molecule has 12 heavy (non-hydrogen) atoms. The monoisotopic (exact) mass is 167 g/mol. The first kappa shape index (κ1) is 9.46. The van der Waals surface area contributed by atoms with Crippen molar-refractivity contribution in [2.24, 2.45) is 5.92 Å². The standard InChI is InChI=1S/C10H17NO/c1-8(2)5-10(12)7-11-6-9-3-4-9/h9,11H,1,3-7H2,2H3. The molecule has 0 aromatic carbocycles. The van der Waals surface area contributed by atoms with Gasteiger partial charge in [0.2, 0.25) is 0 Å². The third kappa shape index (κ3) is 4.29. The first-order chi connectivity index (χ1) is 5.68. The molecule has 0 aromatic heterocycles. The van der Waals surface area contributed by atoms with E-state index in [-0.39, 0.29) is 5.78 Å². The number of nitrogens with one attached hydrogen (secondary N) is 1. The summed E-state index contributed by atoms with van der Waals surface area (Å²) < 4.78 is 0. The van der Waals surface area contributed by atoms with Crippen molar-refractivity contribution in [1.82, 2.24) is 5.32 Å². The van der Waals surface area contributed by atoms with Crippen molar-refractivity contribution in [2.75, 3.05) is 13.1 Å². The van der Waals surface area contributed by atoms with Crippen molar-refractivity contribution in [3.05, 3.63) is 12.2 Å². The van der Waals surface area contributed by atoms with Crippen LogP contribution in [-0.2, 0) is 4.79 Å².